The molecule has 0 aliphatic carbocycles. The van der Waals surface area contributed by atoms with E-state index in [-0.39, 0.29) is 19.6 Å². The zero-order valence-corrected chi connectivity index (χ0v) is 9.26. The predicted octanol–water partition coefficient (Wildman–Crippen LogP) is -0.207. The van der Waals surface area contributed by atoms with E-state index in [1.807, 2.05) is 0 Å². The van der Waals surface area contributed by atoms with Gasteiger partial charge in [0, 0.05) is 19.6 Å². The van der Waals surface area contributed by atoms with Gasteiger partial charge in [0.2, 0.25) is 0 Å². The molecule has 1 N–H and O–H groups in total. The fourth-order valence-electron chi connectivity index (χ4n) is 1.52. The average molecular weight is 262 g/mol. The van der Waals surface area contributed by atoms with Crippen molar-refractivity contribution in [3.63, 3.8) is 0 Å². The van der Waals surface area contributed by atoms with Crippen LogP contribution in [0.4, 0.5) is 13.2 Å². The van der Waals surface area contributed by atoms with Crippen molar-refractivity contribution in [2.45, 2.75) is 12.6 Å². The molecule has 9 heteroatoms. The van der Waals surface area contributed by atoms with E-state index in [0.717, 1.165) is 4.31 Å². The summed E-state index contributed by atoms with van der Waals surface area (Å²) < 4.78 is 60.9. The number of nitrogens with zero attached hydrogens (tertiary/aromatic N) is 2. The highest BCUT2D eigenvalue weighted by Gasteiger charge is 2.40. The summed E-state index contributed by atoms with van der Waals surface area (Å²) in [4.78, 5) is 0. The summed E-state index contributed by atoms with van der Waals surface area (Å²) in [6.45, 7) is -2.03. The van der Waals surface area contributed by atoms with Crippen molar-refractivity contribution < 1.29 is 26.7 Å². The molecular formula is C7H13F3N2O3S. The zero-order valence-electron chi connectivity index (χ0n) is 8.44. The molecule has 96 valence electrons. The first-order valence-electron chi connectivity index (χ1n) is 4.70. The fourth-order valence-corrected chi connectivity index (χ4v) is 3.18. The summed E-state index contributed by atoms with van der Waals surface area (Å²) in [6.07, 6.45) is -4.22. The second kappa shape index (κ2) is 4.86. The smallest absolute Gasteiger partial charge is 0.395 e. The third kappa shape index (κ3) is 3.30. The Labute approximate surface area is 91.6 Å². The fraction of sp³-hybridized carbons (Fsp3) is 1.00. The summed E-state index contributed by atoms with van der Waals surface area (Å²) in [5.74, 6) is 0. The van der Waals surface area contributed by atoms with E-state index in [2.05, 4.69) is 0 Å². The number of hydrogen-bond donors (Lipinski definition) is 1. The minimum Gasteiger partial charge on any atom is -0.395 e. The highest BCUT2D eigenvalue weighted by Crippen LogP contribution is 2.22. The lowest BCUT2D eigenvalue weighted by molar-refractivity contribution is -0.137. The molecule has 0 radical (unpaired) electrons. The van der Waals surface area contributed by atoms with E-state index < -0.39 is 29.5 Å². The molecule has 0 amide bonds. The zero-order chi connectivity index (χ0) is 12.4. The Morgan fingerprint density at radius 3 is 2.25 bits per heavy atom. The summed E-state index contributed by atoms with van der Waals surface area (Å²) in [7, 11) is -4.07. The van der Waals surface area contributed by atoms with Crippen LogP contribution in [0.5, 0.6) is 0 Å². The molecule has 16 heavy (non-hydrogen) atoms. The SMILES string of the molecule is O=S1(=O)N(CCO)CCCN1CC(F)(F)F. The maximum atomic E-state index is 12.1. The molecule has 1 aliphatic heterocycles. The van der Waals surface area contributed by atoms with Crippen LogP contribution in [0.2, 0.25) is 0 Å². The number of aliphatic hydroxyl groups is 1. The first-order chi connectivity index (χ1) is 7.27. The molecule has 1 saturated heterocycles. The Hall–Kier alpha value is -0.380. The van der Waals surface area contributed by atoms with Crippen molar-refractivity contribution in [3.05, 3.63) is 0 Å². The van der Waals surface area contributed by atoms with Gasteiger partial charge in [0.15, 0.2) is 0 Å². The van der Waals surface area contributed by atoms with Crippen molar-refractivity contribution in [1.29, 1.82) is 0 Å². The molecule has 0 spiro atoms. The molecule has 0 aromatic rings. The van der Waals surface area contributed by atoms with Crippen LogP contribution in [0.25, 0.3) is 0 Å². The molecule has 0 aromatic carbocycles. The van der Waals surface area contributed by atoms with Gasteiger partial charge in [-0.2, -0.15) is 30.2 Å². The molecule has 0 saturated carbocycles. The van der Waals surface area contributed by atoms with E-state index in [1.165, 1.54) is 0 Å². The number of rotatable bonds is 3. The molecular weight excluding hydrogens is 249 g/mol. The molecule has 1 heterocycles. The molecule has 1 fully saturated rings. The topological polar surface area (TPSA) is 60.9 Å². The van der Waals surface area contributed by atoms with Crippen molar-refractivity contribution in [3.8, 4) is 0 Å². The lowest BCUT2D eigenvalue weighted by atomic mass is 10.4. The van der Waals surface area contributed by atoms with Gasteiger partial charge in [0.1, 0.15) is 6.54 Å². The van der Waals surface area contributed by atoms with E-state index >= 15 is 0 Å². The lowest BCUT2D eigenvalue weighted by Gasteiger charge is -2.34. The molecule has 1 aliphatic rings. The summed E-state index contributed by atoms with van der Waals surface area (Å²) >= 11 is 0. The lowest BCUT2D eigenvalue weighted by Crippen LogP contribution is -2.52. The predicted molar refractivity (Wildman–Crippen MR) is 49.8 cm³/mol. The highest BCUT2D eigenvalue weighted by atomic mass is 32.2. The minimum atomic E-state index is -4.55. The number of alkyl halides is 3. The van der Waals surface area contributed by atoms with E-state index in [9.17, 15) is 21.6 Å². The molecule has 0 bridgehead atoms. The number of hydrogen-bond acceptors (Lipinski definition) is 3. The molecule has 0 atom stereocenters. The Bertz CT molecular complexity index is 328. The monoisotopic (exact) mass is 262 g/mol. The van der Waals surface area contributed by atoms with Crippen molar-refractivity contribution >= 4 is 10.2 Å². The largest absolute Gasteiger partial charge is 0.402 e. The van der Waals surface area contributed by atoms with Crippen LogP contribution in [0, 0.1) is 0 Å². The number of halogens is 3. The van der Waals surface area contributed by atoms with Crippen LogP contribution in [0.15, 0.2) is 0 Å². The minimum absolute atomic E-state index is 0.135. The summed E-state index contributed by atoms with van der Waals surface area (Å²) in [5, 5.41) is 8.62. The second-order valence-corrected chi connectivity index (χ2v) is 5.36. The average Bonchev–Trinajstić information content (AvgIpc) is 2.10. The standard InChI is InChI=1S/C7H13F3N2O3S/c8-7(9,10)6-12-3-1-2-11(4-5-13)16(12,14)15/h13H,1-6H2. The summed E-state index contributed by atoms with van der Waals surface area (Å²) in [6, 6.07) is 0. The normalized spacial score (nSPS) is 23.5. The number of aliphatic hydroxyl groups excluding tert-OH is 1. The Morgan fingerprint density at radius 1 is 1.19 bits per heavy atom. The van der Waals surface area contributed by atoms with Crippen LogP contribution in [-0.4, -0.2) is 61.1 Å². The van der Waals surface area contributed by atoms with E-state index in [4.69, 9.17) is 5.11 Å². The molecule has 5 nitrogen and oxygen atoms in total. The molecule has 0 unspecified atom stereocenters. The molecule has 0 aromatic heterocycles. The Kier molecular flexibility index (Phi) is 4.16. The number of β-amino-alcohol motifs (C(OH)–C–C–N with tert-alkyl or cyclic N) is 1. The Morgan fingerprint density at radius 2 is 1.75 bits per heavy atom. The first kappa shape index (κ1) is 13.7. The summed E-state index contributed by atoms with van der Waals surface area (Å²) in [5.41, 5.74) is 0. The van der Waals surface area contributed by atoms with Crippen LogP contribution in [-0.2, 0) is 10.2 Å². The van der Waals surface area contributed by atoms with Gasteiger partial charge >= 0.3 is 6.18 Å². The third-order valence-corrected chi connectivity index (χ3v) is 4.15. The van der Waals surface area contributed by atoms with Gasteiger partial charge in [-0.15, -0.1) is 0 Å². The van der Waals surface area contributed by atoms with Crippen LogP contribution < -0.4 is 0 Å². The molecule has 1 rings (SSSR count). The maximum absolute atomic E-state index is 12.1. The van der Waals surface area contributed by atoms with Crippen molar-refractivity contribution in [1.82, 2.24) is 8.61 Å². The van der Waals surface area contributed by atoms with Gasteiger partial charge < -0.3 is 5.11 Å². The van der Waals surface area contributed by atoms with Crippen molar-refractivity contribution in [2.24, 2.45) is 0 Å². The van der Waals surface area contributed by atoms with Crippen LogP contribution in [0.1, 0.15) is 6.42 Å². The van der Waals surface area contributed by atoms with E-state index in [1.54, 1.807) is 0 Å². The highest BCUT2D eigenvalue weighted by molar-refractivity contribution is 7.86. The van der Waals surface area contributed by atoms with Gasteiger partial charge in [0.05, 0.1) is 6.61 Å². The van der Waals surface area contributed by atoms with Gasteiger partial charge in [-0.1, -0.05) is 0 Å². The van der Waals surface area contributed by atoms with Gasteiger partial charge in [-0.3, -0.25) is 0 Å². The second-order valence-electron chi connectivity index (χ2n) is 3.43. The van der Waals surface area contributed by atoms with Gasteiger partial charge in [-0.25, -0.2) is 0 Å². The van der Waals surface area contributed by atoms with Crippen molar-refractivity contribution in [2.75, 3.05) is 32.8 Å². The Balaban J connectivity index is 2.79. The van der Waals surface area contributed by atoms with Gasteiger partial charge in [-0.05, 0) is 6.42 Å². The quantitative estimate of drug-likeness (QED) is 0.766. The van der Waals surface area contributed by atoms with E-state index in [0.29, 0.717) is 10.7 Å². The van der Waals surface area contributed by atoms with Gasteiger partial charge in [0.25, 0.3) is 10.2 Å². The third-order valence-electron chi connectivity index (χ3n) is 2.17. The first-order valence-corrected chi connectivity index (χ1v) is 6.10. The van der Waals surface area contributed by atoms with Crippen LogP contribution >= 0.6 is 0 Å². The maximum Gasteiger partial charge on any atom is 0.402 e. The van der Waals surface area contributed by atoms with Crippen LogP contribution in [0.3, 0.4) is 0 Å².